The summed E-state index contributed by atoms with van der Waals surface area (Å²) < 4.78 is 16.1. The van der Waals surface area contributed by atoms with Crippen molar-refractivity contribution >= 4 is 5.91 Å². The van der Waals surface area contributed by atoms with E-state index in [1.165, 1.54) is 5.56 Å². The Hall–Kier alpha value is -2.73. The van der Waals surface area contributed by atoms with E-state index in [9.17, 15) is 4.79 Å². The highest BCUT2D eigenvalue weighted by Crippen LogP contribution is 2.32. The standard InChI is InChI=1S/C21H24N2O4/c1-15-11-17(4-6-18(15)25-2)21(24)23-9-7-22(8-10-23)13-16-3-5-19-20(12-16)27-14-26-19/h3-6,11-12H,7-10,13-14H2,1-2H3. The van der Waals surface area contributed by atoms with Gasteiger partial charge >= 0.3 is 0 Å². The second-order valence-corrected chi connectivity index (χ2v) is 6.94. The van der Waals surface area contributed by atoms with E-state index in [0.29, 0.717) is 6.79 Å². The number of carbonyl (C=O) groups is 1. The molecular weight excluding hydrogens is 344 g/mol. The summed E-state index contributed by atoms with van der Waals surface area (Å²) in [5.41, 5.74) is 2.90. The fourth-order valence-corrected chi connectivity index (χ4v) is 3.60. The number of hydrogen-bond donors (Lipinski definition) is 0. The first-order chi connectivity index (χ1) is 13.1. The second kappa shape index (κ2) is 7.48. The van der Waals surface area contributed by atoms with Gasteiger partial charge in [0.15, 0.2) is 11.5 Å². The highest BCUT2D eigenvalue weighted by atomic mass is 16.7. The molecule has 2 aliphatic heterocycles. The lowest BCUT2D eigenvalue weighted by Gasteiger charge is -2.35. The van der Waals surface area contributed by atoms with Gasteiger partial charge < -0.3 is 19.1 Å². The van der Waals surface area contributed by atoms with Gasteiger partial charge in [0.1, 0.15) is 5.75 Å². The maximum absolute atomic E-state index is 12.8. The zero-order chi connectivity index (χ0) is 18.8. The van der Waals surface area contributed by atoms with Crippen LogP contribution in [-0.4, -0.2) is 55.8 Å². The van der Waals surface area contributed by atoms with Crippen LogP contribution in [0.3, 0.4) is 0 Å². The average molecular weight is 368 g/mol. The molecule has 6 nitrogen and oxygen atoms in total. The third kappa shape index (κ3) is 3.71. The summed E-state index contributed by atoms with van der Waals surface area (Å²) in [6.07, 6.45) is 0. The van der Waals surface area contributed by atoms with Crippen molar-refractivity contribution in [1.82, 2.24) is 9.80 Å². The van der Waals surface area contributed by atoms with Crippen LogP contribution in [-0.2, 0) is 6.54 Å². The molecule has 0 radical (unpaired) electrons. The van der Waals surface area contributed by atoms with Crippen LogP contribution in [0.15, 0.2) is 36.4 Å². The van der Waals surface area contributed by atoms with Gasteiger partial charge in [-0.1, -0.05) is 6.07 Å². The second-order valence-electron chi connectivity index (χ2n) is 6.94. The average Bonchev–Trinajstić information content (AvgIpc) is 3.16. The van der Waals surface area contributed by atoms with Crippen molar-refractivity contribution in [2.24, 2.45) is 0 Å². The van der Waals surface area contributed by atoms with E-state index < -0.39 is 0 Å². The minimum atomic E-state index is 0.0866. The first-order valence-electron chi connectivity index (χ1n) is 9.19. The number of methoxy groups -OCH3 is 1. The van der Waals surface area contributed by atoms with Crippen molar-refractivity contribution in [3.63, 3.8) is 0 Å². The van der Waals surface area contributed by atoms with Gasteiger partial charge in [0.05, 0.1) is 7.11 Å². The number of carbonyl (C=O) groups excluding carboxylic acids is 1. The number of aryl methyl sites for hydroxylation is 1. The molecule has 142 valence electrons. The highest BCUT2D eigenvalue weighted by molar-refractivity contribution is 5.94. The molecule has 27 heavy (non-hydrogen) atoms. The lowest BCUT2D eigenvalue weighted by Crippen LogP contribution is -2.48. The van der Waals surface area contributed by atoms with Crippen molar-refractivity contribution in [1.29, 1.82) is 0 Å². The fourth-order valence-electron chi connectivity index (χ4n) is 3.60. The third-order valence-electron chi connectivity index (χ3n) is 5.14. The molecule has 0 aromatic heterocycles. The third-order valence-corrected chi connectivity index (χ3v) is 5.14. The molecule has 2 aliphatic rings. The number of rotatable bonds is 4. The fraction of sp³-hybridized carbons (Fsp3) is 0.381. The van der Waals surface area contributed by atoms with Gasteiger partial charge in [-0.2, -0.15) is 0 Å². The lowest BCUT2D eigenvalue weighted by atomic mass is 10.1. The summed E-state index contributed by atoms with van der Waals surface area (Å²) in [5, 5.41) is 0. The SMILES string of the molecule is COc1ccc(C(=O)N2CCN(Cc3ccc4c(c3)OCO4)CC2)cc1C. The normalized spacial score (nSPS) is 16.4. The summed E-state index contributed by atoms with van der Waals surface area (Å²) in [6.45, 7) is 6.28. The molecule has 4 rings (SSSR count). The summed E-state index contributed by atoms with van der Waals surface area (Å²) >= 11 is 0. The predicted molar refractivity (Wildman–Crippen MR) is 101 cm³/mol. The molecule has 0 aliphatic carbocycles. The quantitative estimate of drug-likeness (QED) is 0.831. The minimum absolute atomic E-state index is 0.0866. The van der Waals surface area contributed by atoms with Gasteiger partial charge in [0.25, 0.3) is 5.91 Å². The molecule has 2 heterocycles. The minimum Gasteiger partial charge on any atom is -0.496 e. The maximum Gasteiger partial charge on any atom is 0.253 e. The maximum atomic E-state index is 12.8. The van der Waals surface area contributed by atoms with E-state index in [2.05, 4.69) is 11.0 Å². The first kappa shape index (κ1) is 17.7. The van der Waals surface area contributed by atoms with Gasteiger partial charge in [-0.25, -0.2) is 0 Å². The van der Waals surface area contributed by atoms with Crippen LogP contribution in [0.2, 0.25) is 0 Å². The number of amides is 1. The zero-order valence-corrected chi connectivity index (χ0v) is 15.7. The Bertz CT molecular complexity index is 844. The number of piperazine rings is 1. The Morgan fingerprint density at radius 3 is 2.56 bits per heavy atom. The molecule has 1 saturated heterocycles. The van der Waals surface area contributed by atoms with Crippen molar-refractivity contribution in [2.45, 2.75) is 13.5 Å². The van der Waals surface area contributed by atoms with Crippen LogP contribution in [0.5, 0.6) is 17.2 Å². The van der Waals surface area contributed by atoms with E-state index in [1.54, 1.807) is 7.11 Å². The molecule has 0 saturated carbocycles. The molecule has 0 bridgehead atoms. The predicted octanol–water partition coefficient (Wildman–Crippen LogP) is 2.69. The van der Waals surface area contributed by atoms with Gasteiger partial charge in [-0.05, 0) is 48.4 Å². The van der Waals surface area contributed by atoms with Crippen LogP contribution in [0.4, 0.5) is 0 Å². The molecule has 0 spiro atoms. The van der Waals surface area contributed by atoms with E-state index in [1.807, 2.05) is 42.2 Å². The van der Waals surface area contributed by atoms with Crippen LogP contribution in [0.1, 0.15) is 21.5 Å². The molecule has 1 fully saturated rings. The van der Waals surface area contributed by atoms with Gasteiger partial charge in [-0.3, -0.25) is 9.69 Å². The molecule has 0 unspecified atom stereocenters. The largest absolute Gasteiger partial charge is 0.496 e. The first-order valence-corrected chi connectivity index (χ1v) is 9.19. The number of benzene rings is 2. The monoisotopic (exact) mass is 368 g/mol. The number of hydrogen-bond acceptors (Lipinski definition) is 5. The molecule has 0 N–H and O–H groups in total. The molecule has 2 aromatic carbocycles. The van der Waals surface area contributed by atoms with Gasteiger partial charge in [0, 0.05) is 38.3 Å². The molecule has 6 heteroatoms. The summed E-state index contributed by atoms with van der Waals surface area (Å²) in [4.78, 5) is 17.1. The number of fused-ring (bicyclic) bond motifs is 1. The highest BCUT2D eigenvalue weighted by Gasteiger charge is 2.23. The van der Waals surface area contributed by atoms with Crippen molar-refractivity contribution in [2.75, 3.05) is 40.1 Å². The number of ether oxygens (including phenoxy) is 3. The summed E-state index contributed by atoms with van der Waals surface area (Å²) in [5.74, 6) is 2.52. The van der Waals surface area contributed by atoms with Crippen molar-refractivity contribution in [3.05, 3.63) is 53.1 Å². The molecule has 2 aromatic rings. The van der Waals surface area contributed by atoms with Gasteiger partial charge in [0.2, 0.25) is 6.79 Å². The molecule has 1 amide bonds. The van der Waals surface area contributed by atoms with Crippen LogP contribution in [0.25, 0.3) is 0 Å². The Morgan fingerprint density at radius 1 is 1.04 bits per heavy atom. The molecular formula is C21H24N2O4. The summed E-state index contributed by atoms with van der Waals surface area (Å²) in [6, 6.07) is 11.7. The van der Waals surface area contributed by atoms with Crippen LogP contribution >= 0.6 is 0 Å². The Labute approximate surface area is 159 Å². The van der Waals surface area contributed by atoms with E-state index in [-0.39, 0.29) is 5.91 Å². The summed E-state index contributed by atoms with van der Waals surface area (Å²) in [7, 11) is 1.64. The van der Waals surface area contributed by atoms with E-state index in [0.717, 1.165) is 61.1 Å². The Kier molecular flexibility index (Phi) is 4.90. The topological polar surface area (TPSA) is 51.2 Å². The lowest BCUT2D eigenvalue weighted by molar-refractivity contribution is 0.0628. The Morgan fingerprint density at radius 2 is 1.81 bits per heavy atom. The number of nitrogens with zero attached hydrogens (tertiary/aromatic N) is 2. The molecule has 0 atom stereocenters. The van der Waals surface area contributed by atoms with E-state index in [4.69, 9.17) is 14.2 Å². The van der Waals surface area contributed by atoms with E-state index >= 15 is 0 Å². The van der Waals surface area contributed by atoms with Crippen LogP contribution in [0, 0.1) is 6.92 Å². The Balaban J connectivity index is 1.34. The smallest absolute Gasteiger partial charge is 0.253 e. The van der Waals surface area contributed by atoms with Crippen molar-refractivity contribution < 1.29 is 19.0 Å². The van der Waals surface area contributed by atoms with Crippen molar-refractivity contribution in [3.8, 4) is 17.2 Å². The van der Waals surface area contributed by atoms with Gasteiger partial charge in [-0.15, -0.1) is 0 Å². The van der Waals surface area contributed by atoms with Crippen LogP contribution < -0.4 is 14.2 Å². The zero-order valence-electron chi connectivity index (χ0n) is 15.7.